The number of fused-ring (bicyclic) bond motifs is 1. The van der Waals surface area contributed by atoms with E-state index in [2.05, 4.69) is 87.7 Å². The minimum absolute atomic E-state index is 0. The quantitative estimate of drug-likeness (QED) is 0.271. The van der Waals surface area contributed by atoms with Gasteiger partial charge < -0.3 is 15.2 Å². The number of hydrogen-bond acceptors (Lipinski definition) is 5. The van der Waals surface area contributed by atoms with Crippen LogP contribution in [0, 0.1) is 6.92 Å². The first-order valence-electron chi connectivity index (χ1n) is 12.5. The number of hydrogen-bond donors (Lipinski definition) is 2. The van der Waals surface area contributed by atoms with E-state index in [1.807, 2.05) is 42.5 Å². The number of aryl methyl sites for hydroxylation is 1. The molecule has 0 aliphatic carbocycles. The van der Waals surface area contributed by atoms with E-state index in [-0.39, 0.29) is 2.85 Å². The molecule has 1 fully saturated rings. The van der Waals surface area contributed by atoms with Crippen LogP contribution >= 0.6 is 11.8 Å². The van der Waals surface area contributed by atoms with E-state index in [0.717, 1.165) is 33.7 Å². The summed E-state index contributed by atoms with van der Waals surface area (Å²) in [5.41, 5.74) is 6.28. The topological polar surface area (TPSA) is 56.8 Å². The number of aromatic amines is 1. The van der Waals surface area contributed by atoms with Crippen molar-refractivity contribution in [2.24, 2.45) is 0 Å². The Balaban J connectivity index is 0.000000395. The highest BCUT2D eigenvalue weighted by molar-refractivity contribution is 7.99. The Hall–Kier alpha value is -3.35. The Morgan fingerprint density at radius 1 is 1.08 bits per heavy atom. The molecule has 0 unspecified atom stereocenters. The molecule has 6 heteroatoms. The summed E-state index contributed by atoms with van der Waals surface area (Å²) in [6.07, 6.45) is 8.93. The predicted molar refractivity (Wildman–Crippen MR) is 162 cm³/mol. The van der Waals surface area contributed by atoms with E-state index >= 15 is 0 Å². The zero-order valence-corrected chi connectivity index (χ0v) is 22.0. The predicted octanol–water partition coefficient (Wildman–Crippen LogP) is 7.76. The van der Waals surface area contributed by atoms with E-state index in [4.69, 9.17) is 0 Å². The monoisotopic (exact) mass is 501 g/mol. The second-order valence-electron chi connectivity index (χ2n) is 8.85. The van der Waals surface area contributed by atoms with Gasteiger partial charge in [0.2, 0.25) is 5.95 Å². The number of aromatic nitrogens is 3. The number of benzene rings is 2. The molecular formula is C30H39N5S. The van der Waals surface area contributed by atoms with E-state index in [1.54, 1.807) is 6.20 Å². The number of H-pyrrole nitrogens is 1. The van der Waals surface area contributed by atoms with Crippen LogP contribution in [0.2, 0.25) is 0 Å². The molecule has 4 aromatic rings. The molecule has 36 heavy (non-hydrogen) atoms. The van der Waals surface area contributed by atoms with Crippen molar-refractivity contribution in [3.8, 4) is 0 Å². The molecule has 2 aromatic carbocycles. The number of anilines is 2. The first-order valence-corrected chi connectivity index (χ1v) is 13.7. The number of nitrogens with zero attached hydrogens (tertiary/aromatic N) is 3. The fraction of sp³-hybridized carbons (Fsp3) is 0.267. The van der Waals surface area contributed by atoms with Crippen LogP contribution in [-0.4, -0.2) is 51.0 Å². The molecule has 0 atom stereocenters. The molecule has 5 nitrogen and oxygen atoms in total. The highest BCUT2D eigenvalue weighted by atomic mass is 32.2. The largest absolute Gasteiger partial charge is 0.359 e. The summed E-state index contributed by atoms with van der Waals surface area (Å²) in [6, 6.07) is 18.4. The van der Waals surface area contributed by atoms with Gasteiger partial charge in [-0.25, -0.2) is 9.97 Å². The normalized spacial score (nSPS) is 13.9. The van der Waals surface area contributed by atoms with Crippen molar-refractivity contribution in [3.05, 3.63) is 89.9 Å². The number of rotatable bonds is 7. The molecule has 2 N–H and O–H groups in total. The zero-order valence-electron chi connectivity index (χ0n) is 21.2. The maximum absolute atomic E-state index is 4.56. The Labute approximate surface area is 221 Å². The molecule has 0 amide bonds. The molecule has 0 bridgehead atoms. The molecule has 0 radical (unpaired) electrons. The van der Waals surface area contributed by atoms with Crippen LogP contribution in [0.1, 0.15) is 38.7 Å². The fourth-order valence-corrected chi connectivity index (χ4v) is 5.10. The van der Waals surface area contributed by atoms with E-state index in [9.17, 15) is 0 Å². The molecule has 2 aromatic heterocycles. The molecule has 190 valence electrons. The van der Waals surface area contributed by atoms with Gasteiger partial charge in [-0.05, 0) is 73.5 Å². The van der Waals surface area contributed by atoms with Gasteiger partial charge in [-0.15, -0.1) is 0 Å². The van der Waals surface area contributed by atoms with Crippen molar-refractivity contribution < 1.29 is 2.85 Å². The minimum atomic E-state index is 0. The van der Waals surface area contributed by atoms with Gasteiger partial charge in [-0.3, -0.25) is 0 Å². The first-order chi connectivity index (χ1) is 17.6. The lowest BCUT2D eigenvalue weighted by Crippen LogP contribution is -2.32. The lowest BCUT2D eigenvalue weighted by Gasteiger charge is -2.25. The van der Waals surface area contributed by atoms with Gasteiger partial charge in [-0.1, -0.05) is 43.9 Å². The summed E-state index contributed by atoms with van der Waals surface area (Å²) >= 11 is 2.08. The highest BCUT2D eigenvalue weighted by Crippen LogP contribution is 2.19. The van der Waals surface area contributed by atoms with E-state index in [0.29, 0.717) is 5.95 Å². The zero-order chi connectivity index (χ0) is 25.2. The van der Waals surface area contributed by atoms with Gasteiger partial charge in [0.1, 0.15) is 0 Å². The van der Waals surface area contributed by atoms with Crippen molar-refractivity contribution >= 4 is 52.5 Å². The summed E-state index contributed by atoms with van der Waals surface area (Å²) < 4.78 is 0. The Bertz CT molecular complexity index is 1310. The molecule has 0 saturated carbocycles. The second kappa shape index (κ2) is 13.1. The maximum Gasteiger partial charge on any atom is 0.227 e. The van der Waals surface area contributed by atoms with Crippen molar-refractivity contribution in [1.82, 2.24) is 19.9 Å². The second-order valence-corrected chi connectivity index (χ2v) is 10.1. The summed E-state index contributed by atoms with van der Waals surface area (Å²) in [6.45, 7) is 12.1. The third-order valence-corrected chi connectivity index (χ3v) is 6.87. The van der Waals surface area contributed by atoms with Crippen LogP contribution in [0.4, 0.5) is 11.6 Å². The average Bonchev–Trinajstić information content (AvgIpc) is 3.28. The standard InChI is InChI=1S/C23H20N4.C7H15NS.2H2/c1-3-17-5-4-6-21(15-17)27-23-24-12-11-20(26-23)9-7-18-8-10-22-19(14-18)13-16(2)25-22;1-2-3-8-4-6-9-7-5-8;;/h3-15,25H,1H2,2H3,(H,24,26,27);2-7H2,1H3;2*1H/b9-7-;;;. The summed E-state index contributed by atoms with van der Waals surface area (Å²) in [5, 5.41) is 4.45. The van der Waals surface area contributed by atoms with Crippen LogP contribution in [0.25, 0.3) is 29.1 Å². The van der Waals surface area contributed by atoms with Gasteiger partial charge in [0.25, 0.3) is 0 Å². The van der Waals surface area contributed by atoms with Crippen molar-refractivity contribution in [2.45, 2.75) is 20.3 Å². The number of thioether (sulfide) groups is 1. The van der Waals surface area contributed by atoms with Gasteiger partial charge in [0.05, 0.1) is 5.69 Å². The summed E-state index contributed by atoms with van der Waals surface area (Å²) in [5.74, 6) is 3.26. The van der Waals surface area contributed by atoms with Crippen LogP contribution in [-0.2, 0) is 0 Å². The summed E-state index contributed by atoms with van der Waals surface area (Å²) in [4.78, 5) is 14.8. The van der Waals surface area contributed by atoms with Crippen molar-refractivity contribution in [3.63, 3.8) is 0 Å². The van der Waals surface area contributed by atoms with Gasteiger partial charge in [0, 0.05) is 55.9 Å². The first kappa shape index (κ1) is 25.7. The maximum atomic E-state index is 4.56. The third-order valence-electron chi connectivity index (χ3n) is 5.93. The van der Waals surface area contributed by atoms with Crippen LogP contribution in [0.15, 0.2) is 67.4 Å². The van der Waals surface area contributed by atoms with Gasteiger partial charge >= 0.3 is 0 Å². The third kappa shape index (κ3) is 7.57. The fourth-order valence-electron chi connectivity index (χ4n) is 4.12. The molecule has 1 saturated heterocycles. The molecular weight excluding hydrogens is 462 g/mol. The van der Waals surface area contributed by atoms with E-state index < -0.39 is 0 Å². The molecule has 3 heterocycles. The van der Waals surface area contributed by atoms with Gasteiger partial charge in [-0.2, -0.15) is 11.8 Å². The lowest BCUT2D eigenvalue weighted by atomic mass is 10.1. The average molecular weight is 502 g/mol. The Morgan fingerprint density at radius 3 is 2.75 bits per heavy atom. The molecule has 1 aliphatic heterocycles. The van der Waals surface area contributed by atoms with E-state index in [1.165, 1.54) is 42.9 Å². The Kier molecular flexibility index (Phi) is 9.36. The van der Waals surface area contributed by atoms with Crippen molar-refractivity contribution in [2.75, 3.05) is 36.5 Å². The van der Waals surface area contributed by atoms with Crippen LogP contribution in [0.3, 0.4) is 0 Å². The van der Waals surface area contributed by atoms with Crippen LogP contribution < -0.4 is 5.32 Å². The van der Waals surface area contributed by atoms with Gasteiger partial charge in [0.15, 0.2) is 0 Å². The lowest BCUT2D eigenvalue weighted by molar-refractivity contribution is 0.303. The highest BCUT2D eigenvalue weighted by Gasteiger charge is 2.07. The Morgan fingerprint density at radius 2 is 1.94 bits per heavy atom. The van der Waals surface area contributed by atoms with Crippen LogP contribution in [0.5, 0.6) is 0 Å². The van der Waals surface area contributed by atoms with Crippen molar-refractivity contribution in [1.29, 1.82) is 0 Å². The summed E-state index contributed by atoms with van der Waals surface area (Å²) in [7, 11) is 0. The SMILES string of the molecule is C=Cc1cccc(Nc2nccc(/C=C\c3ccc4[nH]c(C)cc4c3)n2)c1.CCCN1CCSCC1.[HH].[HH]. The smallest absolute Gasteiger partial charge is 0.227 e. The molecule has 5 rings (SSSR count). The minimum Gasteiger partial charge on any atom is -0.359 e. The number of nitrogens with one attached hydrogen (secondary N) is 2. The molecule has 1 aliphatic rings. The molecule has 0 spiro atoms.